The summed E-state index contributed by atoms with van der Waals surface area (Å²) in [5.41, 5.74) is 5.87. The molecule has 5 heteroatoms. The number of hydrogen-bond acceptors (Lipinski definition) is 4. The molecule has 3 aromatic rings. The first-order valence-corrected chi connectivity index (χ1v) is 12.3. The number of rotatable bonds is 6. The number of nitrogens with zero attached hydrogens (tertiary/aromatic N) is 2. The zero-order valence-electron chi connectivity index (χ0n) is 20.2. The predicted molar refractivity (Wildman–Crippen MR) is 137 cm³/mol. The van der Waals surface area contributed by atoms with Gasteiger partial charge in [-0.2, -0.15) is 0 Å². The van der Waals surface area contributed by atoms with Gasteiger partial charge < -0.3 is 9.84 Å². The molecule has 1 N–H and O–H groups in total. The van der Waals surface area contributed by atoms with Crippen LogP contribution in [-0.2, 0) is 11.3 Å². The summed E-state index contributed by atoms with van der Waals surface area (Å²) in [5, 5.41) is 12.1. The lowest BCUT2D eigenvalue weighted by Gasteiger charge is -2.30. The second-order valence-electron chi connectivity index (χ2n) is 10.1. The third kappa shape index (κ3) is 5.75. The van der Waals surface area contributed by atoms with E-state index in [1.165, 1.54) is 19.3 Å². The summed E-state index contributed by atoms with van der Waals surface area (Å²) in [4.78, 5) is 7.56. The van der Waals surface area contributed by atoms with Gasteiger partial charge in [0.25, 0.3) is 0 Å². The molecule has 1 saturated heterocycles. The van der Waals surface area contributed by atoms with E-state index >= 15 is 0 Å². The van der Waals surface area contributed by atoms with Crippen molar-refractivity contribution in [2.75, 3.05) is 19.7 Å². The number of hydrogen-bond donors (Lipinski definition) is 1. The highest BCUT2D eigenvalue weighted by Crippen LogP contribution is 2.40. The summed E-state index contributed by atoms with van der Waals surface area (Å²) >= 11 is 6.20. The molecule has 2 aromatic carbocycles. The van der Waals surface area contributed by atoms with Gasteiger partial charge in [-0.3, -0.25) is 9.88 Å². The zero-order chi connectivity index (χ0) is 23.6. The van der Waals surface area contributed by atoms with Crippen molar-refractivity contribution in [3.05, 3.63) is 64.3 Å². The van der Waals surface area contributed by atoms with Crippen molar-refractivity contribution in [2.24, 2.45) is 0 Å². The molecule has 1 fully saturated rings. The molecule has 0 aliphatic carbocycles. The van der Waals surface area contributed by atoms with Crippen molar-refractivity contribution in [3.63, 3.8) is 0 Å². The Morgan fingerprint density at radius 1 is 1.06 bits per heavy atom. The van der Waals surface area contributed by atoms with Crippen LogP contribution in [0, 0.1) is 6.92 Å². The number of fused-ring (bicyclic) bond motifs is 1. The van der Waals surface area contributed by atoms with Crippen molar-refractivity contribution in [1.29, 1.82) is 0 Å². The van der Waals surface area contributed by atoms with Gasteiger partial charge in [-0.15, -0.1) is 0 Å². The van der Waals surface area contributed by atoms with Crippen molar-refractivity contribution < 1.29 is 9.84 Å². The number of aliphatic hydroxyl groups excluding tert-OH is 1. The fourth-order valence-electron chi connectivity index (χ4n) is 4.86. The summed E-state index contributed by atoms with van der Waals surface area (Å²) < 4.78 is 6.31. The van der Waals surface area contributed by atoms with E-state index in [-0.39, 0.29) is 12.2 Å². The minimum absolute atomic E-state index is 0.0926. The van der Waals surface area contributed by atoms with Crippen molar-refractivity contribution >= 4 is 22.5 Å². The average Bonchev–Trinajstić information content (AvgIpc) is 2.77. The summed E-state index contributed by atoms with van der Waals surface area (Å²) in [5.74, 6) is 0. The Morgan fingerprint density at radius 3 is 2.39 bits per heavy atom. The number of benzene rings is 2. The standard InChI is InChI=1S/C28H35ClN2O2/c1-19-16-24-23(13-12-22(30-24)17-31-14-6-5-7-15-31)27(20-8-10-21(29)11-9-20)26(19)25(18-32)33-28(2,3)4/h8-13,16,25,32H,5-7,14-15,17-18H2,1-4H3/t25-/m1/s1. The van der Waals surface area contributed by atoms with Crippen LogP contribution in [-0.4, -0.2) is 40.3 Å². The van der Waals surface area contributed by atoms with Gasteiger partial charge >= 0.3 is 0 Å². The van der Waals surface area contributed by atoms with Gasteiger partial charge in [0, 0.05) is 17.0 Å². The number of aromatic nitrogens is 1. The summed E-state index contributed by atoms with van der Waals surface area (Å²) in [7, 11) is 0. The Morgan fingerprint density at radius 2 is 1.76 bits per heavy atom. The maximum atomic E-state index is 10.3. The highest BCUT2D eigenvalue weighted by Gasteiger charge is 2.26. The van der Waals surface area contributed by atoms with Crippen LogP contribution in [0.4, 0.5) is 0 Å². The van der Waals surface area contributed by atoms with Gasteiger partial charge in [-0.05, 0) is 100 Å². The van der Waals surface area contributed by atoms with E-state index in [9.17, 15) is 5.11 Å². The lowest BCUT2D eigenvalue weighted by molar-refractivity contribution is -0.0821. The van der Waals surface area contributed by atoms with E-state index < -0.39 is 6.10 Å². The van der Waals surface area contributed by atoms with Crippen molar-refractivity contribution in [2.45, 2.75) is 65.2 Å². The molecule has 4 rings (SSSR count). The minimum atomic E-state index is -0.437. The summed E-state index contributed by atoms with van der Waals surface area (Å²) in [6, 6.07) is 14.4. The number of piperidine rings is 1. The number of halogens is 1. The molecule has 0 saturated carbocycles. The van der Waals surface area contributed by atoms with Crippen molar-refractivity contribution in [1.82, 2.24) is 9.88 Å². The maximum Gasteiger partial charge on any atom is 0.107 e. The van der Waals surface area contributed by atoms with E-state index in [0.29, 0.717) is 5.02 Å². The molecule has 176 valence electrons. The number of aliphatic hydroxyl groups is 1. The lowest BCUT2D eigenvalue weighted by Crippen LogP contribution is -2.29. The Balaban J connectivity index is 1.85. The first-order chi connectivity index (χ1) is 15.7. The Kier molecular flexibility index (Phi) is 7.40. The third-order valence-corrected chi connectivity index (χ3v) is 6.50. The van der Waals surface area contributed by atoms with Crippen LogP contribution in [0.15, 0.2) is 42.5 Å². The highest BCUT2D eigenvalue weighted by atomic mass is 35.5. The van der Waals surface area contributed by atoms with Gasteiger partial charge in [-0.25, -0.2) is 0 Å². The SMILES string of the molecule is Cc1cc2nc(CN3CCCCC3)ccc2c(-c2ccc(Cl)cc2)c1[C@@H](CO)OC(C)(C)C. The Bertz CT molecular complexity index is 1100. The minimum Gasteiger partial charge on any atom is -0.393 e. The van der Waals surface area contributed by atoms with Gasteiger partial charge in [0.2, 0.25) is 0 Å². The van der Waals surface area contributed by atoms with E-state index in [0.717, 1.165) is 58.5 Å². The number of pyridine rings is 1. The molecule has 1 atom stereocenters. The second-order valence-corrected chi connectivity index (χ2v) is 10.5. The normalized spacial score (nSPS) is 16.3. The molecule has 33 heavy (non-hydrogen) atoms. The van der Waals surface area contributed by atoms with Crippen LogP contribution < -0.4 is 0 Å². The molecule has 0 bridgehead atoms. The Hall–Kier alpha value is -1.98. The van der Waals surface area contributed by atoms with Gasteiger partial charge in [0.05, 0.1) is 23.4 Å². The largest absolute Gasteiger partial charge is 0.393 e. The Labute approximate surface area is 202 Å². The van der Waals surface area contributed by atoms with Crippen LogP contribution in [0.2, 0.25) is 5.02 Å². The number of aryl methyl sites for hydroxylation is 1. The van der Waals surface area contributed by atoms with E-state index in [4.69, 9.17) is 21.3 Å². The monoisotopic (exact) mass is 466 g/mol. The van der Waals surface area contributed by atoms with Crippen LogP contribution >= 0.6 is 11.6 Å². The number of likely N-dealkylation sites (tertiary alicyclic amines) is 1. The van der Waals surface area contributed by atoms with Gasteiger partial charge in [0.15, 0.2) is 0 Å². The topological polar surface area (TPSA) is 45.6 Å². The van der Waals surface area contributed by atoms with Crippen LogP contribution in [0.1, 0.15) is 63.0 Å². The zero-order valence-corrected chi connectivity index (χ0v) is 21.0. The molecular formula is C28H35ClN2O2. The first kappa shape index (κ1) is 24.2. The highest BCUT2D eigenvalue weighted by molar-refractivity contribution is 6.30. The van der Waals surface area contributed by atoms with E-state index in [1.807, 2.05) is 45.0 Å². The molecule has 1 aromatic heterocycles. The smallest absolute Gasteiger partial charge is 0.107 e. The molecule has 1 aliphatic rings. The van der Waals surface area contributed by atoms with Crippen LogP contribution in [0.25, 0.3) is 22.0 Å². The molecule has 1 aliphatic heterocycles. The molecule has 0 amide bonds. The summed E-state index contributed by atoms with van der Waals surface area (Å²) in [6.45, 7) is 11.2. The lowest BCUT2D eigenvalue weighted by atomic mass is 9.88. The number of ether oxygens (including phenoxy) is 1. The molecule has 0 spiro atoms. The maximum absolute atomic E-state index is 10.3. The van der Waals surface area contributed by atoms with Gasteiger partial charge in [0.1, 0.15) is 6.10 Å². The molecular weight excluding hydrogens is 432 g/mol. The van der Waals surface area contributed by atoms with Crippen LogP contribution in [0.5, 0.6) is 0 Å². The van der Waals surface area contributed by atoms with E-state index in [1.54, 1.807) is 0 Å². The van der Waals surface area contributed by atoms with Gasteiger partial charge in [-0.1, -0.05) is 36.2 Å². The van der Waals surface area contributed by atoms with Crippen molar-refractivity contribution in [3.8, 4) is 11.1 Å². The predicted octanol–water partition coefficient (Wildman–Crippen LogP) is 6.70. The fraction of sp³-hybridized carbons (Fsp3) is 0.464. The first-order valence-electron chi connectivity index (χ1n) is 12.0. The fourth-order valence-corrected chi connectivity index (χ4v) is 4.98. The summed E-state index contributed by atoms with van der Waals surface area (Å²) in [6.07, 6.45) is 3.43. The molecule has 0 radical (unpaired) electrons. The quantitative estimate of drug-likeness (QED) is 0.439. The van der Waals surface area contributed by atoms with E-state index in [2.05, 4.69) is 30.0 Å². The molecule has 2 heterocycles. The average molecular weight is 467 g/mol. The molecule has 0 unspecified atom stereocenters. The molecule has 4 nitrogen and oxygen atoms in total. The second kappa shape index (κ2) is 10.1. The van der Waals surface area contributed by atoms with Crippen LogP contribution in [0.3, 0.4) is 0 Å². The third-order valence-electron chi connectivity index (χ3n) is 6.25.